The number of rotatable bonds is 81. The van der Waals surface area contributed by atoms with Gasteiger partial charge in [0.25, 0.3) is 0 Å². The summed E-state index contributed by atoms with van der Waals surface area (Å²) in [5.74, 6) is -0.230. The molecule has 1 amide bonds. The van der Waals surface area contributed by atoms with Gasteiger partial charge < -0.3 is 89.9 Å². The van der Waals surface area contributed by atoms with Crippen molar-refractivity contribution in [3.05, 3.63) is 0 Å². The Morgan fingerprint density at radius 1 is 0.286 bits per heavy atom. The van der Waals surface area contributed by atoms with Crippen molar-refractivity contribution >= 4 is 5.91 Å². The molecule has 112 heavy (non-hydrogen) atoms. The van der Waals surface area contributed by atoms with Crippen molar-refractivity contribution in [3.8, 4) is 0 Å². The zero-order valence-electron chi connectivity index (χ0n) is 72.2. The first kappa shape index (κ1) is 105. The Kier molecular flexibility index (Phi) is 69.1. The second-order valence-corrected chi connectivity index (χ2v) is 34.9. The Balaban J connectivity index is 1.28. The third-order valence-corrected chi connectivity index (χ3v) is 24.7. The molecule has 19 nitrogen and oxygen atoms in total. The van der Waals surface area contributed by atoms with E-state index < -0.39 is 124 Å². The number of hydrogen-bond donors (Lipinski definition) is 12. The minimum absolute atomic E-state index is 0.230. The van der Waals surface area contributed by atoms with E-state index >= 15 is 0 Å². The van der Waals surface area contributed by atoms with Crippen molar-refractivity contribution in [1.29, 1.82) is 0 Å². The first-order valence-corrected chi connectivity index (χ1v) is 48.3. The average Bonchev–Trinajstić information content (AvgIpc) is 0.780. The van der Waals surface area contributed by atoms with Crippen LogP contribution >= 0.6 is 0 Å². The van der Waals surface area contributed by atoms with Crippen molar-refractivity contribution in [2.45, 2.75) is 561 Å². The third kappa shape index (κ3) is 51.4. The number of hydrogen-bond acceptors (Lipinski definition) is 18. The van der Waals surface area contributed by atoms with E-state index in [9.17, 15) is 61.0 Å². The Morgan fingerprint density at radius 2 is 0.509 bits per heavy atom. The topological polar surface area (TPSA) is 307 Å². The number of carbonyl (C=O) groups excluding carboxylic acids is 1. The quantitative estimate of drug-likeness (QED) is 0.0252. The van der Waals surface area contributed by atoms with Gasteiger partial charge in [0, 0.05) is 6.42 Å². The molecular formula is C93H181NO18. The molecule has 0 spiro atoms. The summed E-state index contributed by atoms with van der Waals surface area (Å²) < 4.78 is 34.6. The Labute approximate surface area is 684 Å². The fourth-order valence-electron chi connectivity index (χ4n) is 17.0. The molecule has 17 atom stereocenters. The van der Waals surface area contributed by atoms with Crippen molar-refractivity contribution in [2.24, 2.45) is 0 Å². The Hall–Kier alpha value is -1.21. The third-order valence-electron chi connectivity index (χ3n) is 24.7. The van der Waals surface area contributed by atoms with Crippen molar-refractivity contribution in [1.82, 2.24) is 5.32 Å². The number of unbranched alkanes of at least 4 members (excludes halogenated alkanes) is 65. The van der Waals surface area contributed by atoms with Crippen LogP contribution in [0.2, 0.25) is 0 Å². The average molecular weight is 1600 g/mol. The molecular weight excluding hydrogens is 1420 g/mol. The first-order chi connectivity index (χ1) is 54.8. The van der Waals surface area contributed by atoms with Crippen LogP contribution in [0.5, 0.6) is 0 Å². The summed E-state index contributed by atoms with van der Waals surface area (Å²) in [6, 6.07) is -0.885. The van der Waals surface area contributed by atoms with E-state index in [4.69, 9.17) is 28.4 Å². The molecule has 0 aliphatic carbocycles. The van der Waals surface area contributed by atoms with Crippen LogP contribution < -0.4 is 5.32 Å². The summed E-state index contributed by atoms with van der Waals surface area (Å²) in [4.78, 5) is 13.6. The predicted octanol–water partition coefficient (Wildman–Crippen LogP) is 19.3. The monoisotopic (exact) mass is 1600 g/mol. The standard InChI is InChI=1S/C93H181NO18/c1-3-5-7-9-11-13-15-17-19-21-23-25-27-29-31-33-34-35-36-37-38-39-40-41-42-43-45-47-49-51-53-55-57-59-61-63-65-67-69-71-81(99)94-76(77(98)70-68-66-64-62-60-58-56-54-52-50-48-46-44-32-30-28-26-24-22-20-18-16-14-12-10-8-6-4-2)75-107-91-87(105)84(102)89(79(73-96)109-91)112-93-88(106)85(103)90(80(74-97)110-93)111-92-86(104)83(101)82(100)78(72-95)108-92/h76-80,82-93,95-98,100-106H,3-75H2,1-2H3,(H,94,99). The van der Waals surface area contributed by atoms with Gasteiger partial charge in [0.1, 0.15) is 73.2 Å². The van der Waals surface area contributed by atoms with E-state index in [-0.39, 0.29) is 18.9 Å². The van der Waals surface area contributed by atoms with Gasteiger partial charge in [0.15, 0.2) is 18.9 Å². The van der Waals surface area contributed by atoms with E-state index in [0.29, 0.717) is 12.8 Å². The molecule has 0 aromatic carbocycles. The number of ether oxygens (including phenoxy) is 6. The van der Waals surface area contributed by atoms with Crippen LogP contribution in [0.4, 0.5) is 0 Å². The highest BCUT2D eigenvalue weighted by atomic mass is 16.8. The summed E-state index contributed by atoms with van der Waals surface area (Å²) in [6.45, 7) is 1.90. The molecule has 0 bridgehead atoms. The first-order valence-electron chi connectivity index (χ1n) is 48.3. The second-order valence-electron chi connectivity index (χ2n) is 34.9. The number of nitrogens with one attached hydrogen (secondary N) is 1. The molecule has 3 rings (SSSR count). The highest BCUT2D eigenvalue weighted by molar-refractivity contribution is 5.76. The van der Waals surface area contributed by atoms with Crippen LogP contribution in [-0.2, 0) is 33.2 Å². The molecule has 666 valence electrons. The van der Waals surface area contributed by atoms with Crippen LogP contribution in [-0.4, -0.2) is 193 Å². The summed E-state index contributed by atoms with van der Waals surface area (Å²) in [7, 11) is 0. The molecule has 0 aromatic rings. The molecule has 3 fully saturated rings. The van der Waals surface area contributed by atoms with E-state index in [1.165, 1.54) is 379 Å². The van der Waals surface area contributed by atoms with Gasteiger partial charge in [-0.25, -0.2) is 0 Å². The number of aliphatic hydroxyl groups excluding tert-OH is 11. The van der Waals surface area contributed by atoms with Crippen LogP contribution in [0.1, 0.15) is 457 Å². The lowest BCUT2D eigenvalue weighted by Gasteiger charge is -2.48. The second kappa shape index (κ2) is 73.7. The van der Waals surface area contributed by atoms with Crippen LogP contribution in [0.25, 0.3) is 0 Å². The van der Waals surface area contributed by atoms with Crippen molar-refractivity contribution in [3.63, 3.8) is 0 Å². The summed E-state index contributed by atoms with van der Waals surface area (Å²) in [5.41, 5.74) is 0. The van der Waals surface area contributed by atoms with Crippen LogP contribution in [0.15, 0.2) is 0 Å². The molecule has 12 N–H and O–H groups in total. The maximum absolute atomic E-state index is 13.6. The lowest BCUT2D eigenvalue weighted by molar-refractivity contribution is -0.379. The molecule has 19 heteroatoms. The fraction of sp³-hybridized carbons (Fsp3) is 0.989. The highest BCUT2D eigenvalue weighted by Crippen LogP contribution is 2.34. The minimum Gasteiger partial charge on any atom is -0.394 e. The van der Waals surface area contributed by atoms with Crippen LogP contribution in [0, 0.1) is 0 Å². The lowest BCUT2D eigenvalue weighted by atomic mass is 9.96. The zero-order chi connectivity index (χ0) is 81.0. The molecule has 0 radical (unpaired) electrons. The van der Waals surface area contributed by atoms with E-state index in [2.05, 4.69) is 19.2 Å². The Morgan fingerprint density at radius 3 is 0.777 bits per heavy atom. The van der Waals surface area contributed by atoms with Gasteiger partial charge in [-0.15, -0.1) is 0 Å². The summed E-state index contributed by atoms with van der Waals surface area (Å²) in [6.07, 6.45) is 63.9. The molecule has 3 saturated heterocycles. The number of carbonyl (C=O) groups is 1. The smallest absolute Gasteiger partial charge is 0.220 e. The Bertz CT molecular complexity index is 2010. The largest absolute Gasteiger partial charge is 0.394 e. The molecule has 0 saturated carbocycles. The van der Waals surface area contributed by atoms with Crippen molar-refractivity contribution < 1.29 is 89.4 Å². The van der Waals surface area contributed by atoms with Crippen LogP contribution in [0.3, 0.4) is 0 Å². The predicted molar refractivity (Wildman–Crippen MR) is 453 cm³/mol. The van der Waals surface area contributed by atoms with Crippen molar-refractivity contribution in [2.75, 3.05) is 26.4 Å². The fourth-order valence-corrected chi connectivity index (χ4v) is 17.0. The van der Waals surface area contributed by atoms with Gasteiger partial charge in [0.05, 0.1) is 38.6 Å². The number of amides is 1. The van der Waals surface area contributed by atoms with Gasteiger partial charge in [-0.2, -0.15) is 0 Å². The van der Waals surface area contributed by atoms with E-state index in [0.717, 1.165) is 44.9 Å². The van der Waals surface area contributed by atoms with E-state index in [1.54, 1.807) is 0 Å². The van der Waals surface area contributed by atoms with Gasteiger partial charge >= 0.3 is 0 Å². The summed E-state index contributed by atoms with van der Waals surface area (Å²) in [5, 5.41) is 121. The van der Waals surface area contributed by atoms with Gasteiger partial charge in [-0.1, -0.05) is 438 Å². The van der Waals surface area contributed by atoms with Gasteiger partial charge in [-0.3, -0.25) is 4.79 Å². The molecule has 3 aliphatic rings. The molecule has 3 heterocycles. The van der Waals surface area contributed by atoms with E-state index in [1.807, 2.05) is 0 Å². The van der Waals surface area contributed by atoms with Gasteiger partial charge in [0.2, 0.25) is 5.91 Å². The maximum Gasteiger partial charge on any atom is 0.220 e. The minimum atomic E-state index is -1.97. The molecule has 0 aromatic heterocycles. The zero-order valence-corrected chi connectivity index (χ0v) is 72.2. The summed E-state index contributed by atoms with van der Waals surface area (Å²) >= 11 is 0. The molecule has 3 aliphatic heterocycles. The van der Waals surface area contributed by atoms with Gasteiger partial charge in [-0.05, 0) is 12.8 Å². The maximum atomic E-state index is 13.6. The molecule has 17 unspecified atom stereocenters. The SMILES string of the molecule is CCCCCCCCCCCCCCCCCCCCCCCCCCCCCCCCCCCCCCCCCC(=O)NC(COC1OC(CO)C(OC2OC(CO)C(OC3OC(CO)C(O)C(O)C3O)C(O)C2O)C(O)C1O)C(O)CCCCCCCCCCCCCCCCCCCCCCCCCCCCCC. The highest BCUT2D eigenvalue weighted by Gasteiger charge is 2.54. The number of aliphatic hydroxyl groups is 11. The normalized spacial score (nSPS) is 24.8. The lowest BCUT2D eigenvalue weighted by Crippen LogP contribution is -2.66.